The molecular weight excluding hydrogens is 260 g/mol. The molecule has 1 aliphatic heterocycles. The highest BCUT2D eigenvalue weighted by Gasteiger charge is 2.50. The van der Waals surface area contributed by atoms with E-state index in [1.165, 1.54) is 25.7 Å². The Morgan fingerprint density at radius 1 is 1.11 bits per heavy atom. The largest absolute Gasteiger partial charge is 0.396 e. The summed E-state index contributed by atoms with van der Waals surface area (Å²) in [6, 6.07) is 1.07. The lowest BCUT2D eigenvalue weighted by molar-refractivity contribution is 0.0398. The van der Waals surface area contributed by atoms with E-state index in [9.17, 15) is 0 Å². The highest BCUT2D eigenvalue weighted by Crippen LogP contribution is 2.37. The fourth-order valence-corrected chi connectivity index (χ4v) is 6.25. The second kappa shape index (κ2) is 10.8. The number of hydrogen-bond donors (Lipinski definition) is 2. The van der Waals surface area contributed by atoms with Gasteiger partial charge in [-0.3, -0.25) is 0 Å². The first-order valence-electron chi connectivity index (χ1n) is 7.18. The van der Waals surface area contributed by atoms with Crippen molar-refractivity contribution in [1.82, 2.24) is 0 Å². The molecule has 0 aromatic heterocycles. The molecule has 1 saturated heterocycles. The minimum Gasteiger partial charge on any atom is -0.396 e. The van der Waals surface area contributed by atoms with Crippen LogP contribution in [0.4, 0.5) is 0 Å². The summed E-state index contributed by atoms with van der Waals surface area (Å²) >= 11 is 0. The second-order valence-corrected chi connectivity index (χ2v) is 8.40. The van der Waals surface area contributed by atoms with Crippen LogP contribution in [-0.4, -0.2) is 48.7 Å². The third-order valence-electron chi connectivity index (χ3n) is 3.73. The topological polar surface area (TPSA) is 79.7 Å². The standard InChI is InChI=1S/C11H24O3Si.C2H8N2/c1-5-7-10-8-6-9-15(13-3,14-4)11(10)12-2;3-1-2-4/h10-11H,5-9H2,1-4H3;1-4H2. The number of methoxy groups -OCH3 is 1. The van der Waals surface area contributed by atoms with Crippen molar-refractivity contribution < 1.29 is 13.6 Å². The van der Waals surface area contributed by atoms with Gasteiger partial charge in [0.15, 0.2) is 0 Å². The Balaban J connectivity index is 0.000000711. The molecule has 2 unspecified atom stereocenters. The van der Waals surface area contributed by atoms with Gasteiger partial charge in [0.05, 0.1) is 0 Å². The Labute approximate surface area is 119 Å². The van der Waals surface area contributed by atoms with E-state index in [2.05, 4.69) is 6.92 Å². The molecule has 0 amide bonds. The zero-order valence-electron chi connectivity index (χ0n) is 13.0. The van der Waals surface area contributed by atoms with Crippen molar-refractivity contribution in [3.05, 3.63) is 0 Å². The Bertz CT molecular complexity index is 212. The lowest BCUT2D eigenvalue weighted by atomic mass is 9.98. The molecule has 6 heteroatoms. The van der Waals surface area contributed by atoms with Crippen LogP contribution in [0.3, 0.4) is 0 Å². The van der Waals surface area contributed by atoms with Crippen LogP contribution in [0.5, 0.6) is 0 Å². The van der Waals surface area contributed by atoms with Crippen molar-refractivity contribution in [2.24, 2.45) is 17.4 Å². The number of ether oxygens (including phenoxy) is 1. The lowest BCUT2D eigenvalue weighted by Gasteiger charge is -2.42. The van der Waals surface area contributed by atoms with Crippen molar-refractivity contribution in [2.75, 3.05) is 34.4 Å². The second-order valence-electron chi connectivity index (χ2n) is 4.89. The molecule has 0 aromatic rings. The molecule has 0 bridgehead atoms. The van der Waals surface area contributed by atoms with Crippen LogP contribution in [-0.2, 0) is 13.6 Å². The highest BCUT2D eigenvalue weighted by molar-refractivity contribution is 6.69. The molecule has 5 nitrogen and oxygen atoms in total. The van der Waals surface area contributed by atoms with Gasteiger partial charge in [0.1, 0.15) is 5.73 Å². The maximum atomic E-state index is 5.70. The molecule has 1 heterocycles. The number of nitrogens with two attached hydrogens (primary N) is 2. The molecule has 0 saturated carbocycles. The molecule has 1 rings (SSSR count). The smallest absolute Gasteiger partial charge is 0.367 e. The average molecular weight is 292 g/mol. The zero-order chi connectivity index (χ0) is 14.7. The summed E-state index contributed by atoms with van der Waals surface area (Å²) in [5.74, 6) is 0.625. The molecular formula is C13H32N2O3Si. The fourth-order valence-electron chi connectivity index (χ4n) is 2.82. The van der Waals surface area contributed by atoms with E-state index >= 15 is 0 Å². The average Bonchev–Trinajstić information content (AvgIpc) is 2.47. The summed E-state index contributed by atoms with van der Waals surface area (Å²) < 4.78 is 17.1. The molecule has 0 radical (unpaired) electrons. The summed E-state index contributed by atoms with van der Waals surface area (Å²) in [7, 11) is 3.26. The van der Waals surface area contributed by atoms with Crippen LogP contribution in [0.2, 0.25) is 6.04 Å². The maximum Gasteiger partial charge on any atom is 0.367 e. The van der Waals surface area contributed by atoms with E-state index in [4.69, 9.17) is 25.1 Å². The Morgan fingerprint density at radius 3 is 2.05 bits per heavy atom. The van der Waals surface area contributed by atoms with E-state index in [1.807, 2.05) is 0 Å². The molecule has 0 aliphatic carbocycles. The molecule has 4 N–H and O–H groups in total. The molecule has 19 heavy (non-hydrogen) atoms. The molecule has 116 valence electrons. The number of hydrogen-bond acceptors (Lipinski definition) is 5. The van der Waals surface area contributed by atoms with E-state index in [1.54, 1.807) is 21.3 Å². The van der Waals surface area contributed by atoms with Crippen molar-refractivity contribution in [1.29, 1.82) is 0 Å². The highest BCUT2D eigenvalue weighted by atomic mass is 28.4. The molecule has 0 spiro atoms. The van der Waals surface area contributed by atoms with E-state index in [-0.39, 0.29) is 5.73 Å². The Hall–Kier alpha value is 0.0169. The van der Waals surface area contributed by atoms with E-state index < -0.39 is 8.56 Å². The molecule has 1 fully saturated rings. The minimum atomic E-state index is -2.08. The monoisotopic (exact) mass is 292 g/mol. The Kier molecular flexibility index (Phi) is 10.8. The summed E-state index contributed by atoms with van der Waals surface area (Å²) in [6.45, 7) is 3.42. The predicted octanol–water partition coefficient (Wildman–Crippen LogP) is 1.39. The van der Waals surface area contributed by atoms with Crippen LogP contribution in [0.1, 0.15) is 32.6 Å². The van der Waals surface area contributed by atoms with Crippen molar-refractivity contribution in [2.45, 2.75) is 44.4 Å². The van der Waals surface area contributed by atoms with Crippen LogP contribution in [0.25, 0.3) is 0 Å². The number of rotatable bonds is 6. The summed E-state index contributed by atoms with van der Waals surface area (Å²) in [4.78, 5) is 0. The molecule has 0 aromatic carbocycles. The predicted molar refractivity (Wildman–Crippen MR) is 81.1 cm³/mol. The zero-order valence-corrected chi connectivity index (χ0v) is 14.0. The van der Waals surface area contributed by atoms with Gasteiger partial charge in [-0.2, -0.15) is 0 Å². The molecule has 2 atom stereocenters. The third-order valence-corrected chi connectivity index (χ3v) is 7.74. The van der Waals surface area contributed by atoms with E-state index in [0.29, 0.717) is 19.0 Å². The van der Waals surface area contributed by atoms with Gasteiger partial charge in [0.25, 0.3) is 0 Å². The van der Waals surface area contributed by atoms with Gasteiger partial charge in [0, 0.05) is 34.4 Å². The van der Waals surface area contributed by atoms with Gasteiger partial charge >= 0.3 is 8.56 Å². The van der Waals surface area contributed by atoms with E-state index in [0.717, 1.165) is 6.04 Å². The third kappa shape index (κ3) is 5.49. The SMILES string of the molecule is CCCC1CCC[Si](OC)(OC)C1OC.NCCN. The minimum absolute atomic E-state index is 0.209. The first-order valence-corrected chi connectivity index (χ1v) is 9.29. The van der Waals surface area contributed by atoms with Crippen molar-refractivity contribution in [3.63, 3.8) is 0 Å². The van der Waals surface area contributed by atoms with Crippen molar-refractivity contribution in [3.8, 4) is 0 Å². The van der Waals surface area contributed by atoms with Gasteiger partial charge in [-0.15, -0.1) is 0 Å². The van der Waals surface area contributed by atoms with Gasteiger partial charge in [-0.05, 0) is 24.8 Å². The van der Waals surface area contributed by atoms with Crippen LogP contribution >= 0.6 is 0 Å². The first-order chi connectivity index (χ1) is 9.15. The van der Waals surface area contributed by atoms with Crippen LogP contribution < -0.4 is 11.5 Å². The van der Waals surface area contributed by atoms with Gasteiger partial charge in [0.2, 0.25) is 0 Å². The van der Waals surface area contributed by atoms with Gasteiger partial charge < -0.3 is 25.1 Å². The summed E-state index contributed by atoms with van der Waals surface area (Å²) in [5.41, 5.74) is 10.0. The van der Waals surface area contributed by atoms with Gasteiger partial charge in [-0.1, -0.05) is 19.8 Å². The maximum absolute atomic E-state index is 5.70. The van der Waals surface area contributed by atoms with Crippen LogP contribution in [0, 0.1) is 5.92 Å². The van der Waals surface area contributed by atoms with Crippen LogP contribution in [0.15, 0.2) is 0 Å². The van der Waals surface area contributed by atoms with Gasteiger partial charge in [-0.25, -0.2) is 0 Å². The normalized spacial score (nSPS) is 25.6. The quantitative estimate of drug-likeness (QED) is 0.723. The fraction of sp³-hybridized carbons (Fsp3) is 1.00. The first kappa shape index (κ1) is 19.0. The summed E-state index contributed by atoms with van der Waals surface area (Å²) in [5, 5.41) is 0. The molecule has 1 aliphatic rings. The summed E-state index contributed by atoms with van der Waals surface area (Å²) in [6.07, 6.45) is 4.91. The Morgan fingerprint density at radius 2 is 1.68 bits per heavy atom. The van der Waals surface area contributed by atoms with Crippen molar-refractivity contribution >= 4 is 8.56 Å². The lowest BCUT2D eigenvalue weighted by Crippen LogP contribution is -2.58.